The summed E-state index contributed by atoms with van der Waals surface area (Å²) in [5.74, 6) is -0.942. The van der Waals surface area contributed by atoms with Crippen molar-refractivity contribution in [3.63, 3.8) is 0 Å². The molecule has 0 spiro atoms. The average Bonchev–Trinajstić information content (AvgIpc) is 2.66. The van der Waals surface area contributed by atoms with Crippen LogP contribution in [0.2, 0.25) is 0 Å². The molecule has 1 aliphatic rings. The summed E-state index contributed by atoms with van der Waals surface area (Å²) >= 11 is 0. The molecule has 1 heterocycles. The van der Waals surface area contributed by atoms with Crippen LogP contribution < -0.4 is 10.6 Å². The van der Waals surface area contributed by atoms with E-state index >= 15 is 0 Å². The highest BCUT2D eigenvalue weighted by Crippen LogP contribution is 2.19. The van der Waals surface area contributed by atoms with Crippen LogP contribution in [0.25, 0.3) is 0 Å². The predicted molar refractivity (Wildman–Crippen MR) is 64.7 cm³/mol. The zero-order chi connectivity index (χ0) is 12.9. The standard InChI is InChI=1S/C12H22N2O3/c1-3-5-9(8-10(15)16)14-11(17)12(2)6-4-7-13-12/h9,13H,3-8H2,1-2H3,(H,14,17)(H,15,16). The van der Waals surface area contributed by atoms with E-state index in [4.69, 9.17) is 5.11 Å². The molecular weight excluding hydrogens is 220 g/mol. The van der Waals surface area contributed by atoms with Crippen molar-refractivity contribution in [2.24, 2.45) is 0 Å². The van der Waals surface area contributed by atoms with Gasteiger partial charge in [0.25, 0.3) is 0 Å². The molecule has 0 aromatic carbocycles. The first-order chi connectivity index (χ1) is 7.98. The zero-order valence-corrected chi connectivity index (χ0v) is 10.6. The molecule has 1 amide bonds. The van der Waals surface area contributed by atoms with Crippen LogP contribution in [-0.4, -0.2) is 35.1 Å². The highest BCUT2D eigenvalue weighted by molar-refractivity contribution is 5.86. The molecule has 1 saturated heterocycles. The highest BCUT2D eigenvalue weighted by Gasteiger charge is 2.36. The van der Waals surface area contributed by atoms with E-state index in [1.165, 1.54) is 0 Å². The Hall–Kier alpha value is -1.10. The van der Waals surface area contributed by atoms with Gasteiger partial charge in [0.05, 0.1) is 12.0 Å². The van der Waals surface area contributed by atoms with Crippen molar-refractivity contribution in [1.82, 2.24) is 10.6 Å². The molecule has 2 atom stereocenters. The third-order valence-electron chi connectivity index (χ3n) is 3.26. The number of rotatable bonds is 6. The first-order valence-corrected chi connectivity index (χ1v) is 6.25. The monoisotopic (exact) mass is 242 g/mol. The van der Waals surface area contributed by atoms with Gasteiger partial charge in [0.1, 0.15) is 0 Å². The topological polar surface area (TPSA) is 78.4 Å². The molecule has 3 N–H and O–H groups in total. The van der Waals surface area contributed by atoms with Gasteiger partial charge in [0, 0.05) is 6.04 Å². The smallest absolute Gasteiger partial charge is 0.305 e. The van der Waals surface area contributed by atoms with Crippen LogP contribution in [-0.2, 0) is 9.59 Å². The number of carbonyl (C=O) groups is 2. The van der Waals surface area contributed by atoms with Crippen molar-refractivity contribution in [2.45, 2.75) is 57.5 Å². The van der Waals surface area contributed by atoms with Crippen LogP contribution in [0.5, 0.6) is 0 Å². The molecule has 0 aromatic rings. The minimum atomic E-state index is -0.867. The second kappa shape index (κ2) is 6.00. The molecule has 0 aromatic heterocycles. The van der Waals surface area contributed by atoms with E-state index in [1.807, 2.05) is 13.8 Å². The summed E-state index contributed by atoms with van der Waals surface area (Å²) in [6, 6.07) is -0.260. The summed E-state index contributed by atoms with van der Waals surface area (Å²) < 4.78 is 0. The van der Waals surface area contributed by atoms with Crippen molar-refractivity contribution in [2.75, 3.05) is 6.54 Å². The summed E-state index contributed by atoms with van der Waals surface area (Å²) in [6.07, 6.45) is 3.36. The minimum absolute atomic E-state index is 0.00431. The van der Waals surface area contributed by atoms with Crippen molar-refractivity contribution < 1.29 is 14.7 Å². The Labute approximate surface area is 102 Å². The van der Waals surface area contributed by atoms with Gasteiger partial charge in [-0.2, -0.15) is 0 Å². The lowest BCUT2D eigenvalue weighted by molar-refractivity contribution is -0.138. The van der Waals surface area contributed by atoms with E-state index in [-0.39, 0.29) is 18.4 Å². The number of hydrogen-bond acceptors (Lipinski definition) is 3. The van der Waals surface area contributed by atoms with E-state index in [2.05, 4.69) is 10.6 Å². The van der Waals surface area contributed by atoms with Crippen molar-refractivity contribution in [1.29, 1.82) is 0 Å². The Kier molecular flexibility index (Phi) is 4.93. The fraction of sp³-hybridized carbons (Fsp3) is 0.833. The third kappa shape index (κ3) is 4.00. The maximum Gasteiger partial charge on any atom is 0.305 e. The van der Waals surface area contributed by atoms with E-state index in [9.17, 15) is 9.59 Å². The van der Waals surface area contributed by atoms with Gasteiger partial charge in [0.15, 0.2) is 0 Å². The zero-order valence-electron chi connectivity index (χ0n) is 10.6. The summed E-state index contributed by atoms with van der Waals surface area (Å²) in [5, 5.41) is 14.8. The number of carbonyl (C=O) groups excluding carboxylic acids is 1. The SMILES string of the molecule is CCCC(CC(=O)O)NC(=O)C1(C)CCCN1. The quantitative estimate of drug-likeness (QED) is 0.646. The summed E-state index contributed by atoms with van der Waals surface area (Å²) in [6.45, 7) is 4.71. The van der Waals surface area contributed by atoms with Gasteiger partial charge in [-0.25, -0.2) is 0 Å². The average molecular weight is 242 g/mol. The third-order valence-corrected chi connectivity index (χ3v) is 3.26. The highest BCUT2D eigenvalue weighted by atomic mass is 16.4. The number of carboxylic acids is 1. The van der Waals surface area contributed by atoms with Gasteiger partial charge >= 0.3 is 5.97 Å². The van der Waals surface area contributed by atoms with Crippen LogP contribution in [0.4, 0.5) is 0 Å². The second-order valence-electron chi connectivity index (χ2n) is 4.92. The van der Waals surface area contributed by atoms with Crippen LogP contribution in [0, 0.1) is 0 Å². The molecule has 5 heteroatoms. The van der Waals surface area contributed by atoms with Gasteiger partial charge in [-0.3, -0.25) is 9.59 Å². The van der Waals surface area contributed by atoms with Crippen molar-refractivity contribution >= 4 is 11.9 Å². The fourth-order valence-electron chi connectivity index (χ4n) is 2.22. The lowest BCUT2D eigenvalue weighted by Gasteiger charge is -2.26. The molecule has 5 nitrogen and oxygen atoms in total. The largest absolute Gasteiger partial charge is 0.481 e. The Morgan fingerprint density at radius 1 is 1.53 bits per heavy atom. The molecule has 17 heavy (non-hydrogen) atoms. The Balaban J connectivity index is 2.53. The molecule has 0 bridgehead atoms. The Morgan fingerprint density at radius 2 is 2.24 bits per heavy atom. The van der Waals surface area contributed by atoms with E-state index in [0.717, 1.165) is 25.8 Å². The number of nitrogens with one attached hydrogen (secondary N) is 2. The van der Waals surface area contributed by atoms with E-state index in [1.54, 1.807) is 0 Å². The molecular formula is C12H22N2O3. The molecule has 98 valence electrons. The number of aliphatic carboxylic acids is 1. The van der Waals surface area contributed by atoms with Gasteiger partial charge < -0.3 is 15.7 Å². The predicted octanol–water partition coefficient (Wildman–Crippen LogP) is 0.888. The molecule has 0 aliphatic carbocycles. The van der Waals surface area contributed by atoms with E-state index in [0.29, 0.717) is 6.42 Å². The van der Waals surface area contributed by atoms with Crippen LogP contribution >= 0.6 is 0 Å². The van der Waals surface area contributed by atoms with Crippen molar-refractivity contribution in [3.8, 4) is 0 Å². The molecule has 1 aliphatic heterocycles. The molecule has 0 radical (unpaired) electrons. The number of carboxylic acid groups (broad SMARTS) is 1. The maximum atomic E-state index is 12.1. The molecule has 1 rings (SSSR count). The normalized spacial score (nSPS) is 25.5. The molecule has 1 fully saturated rings. The lowest BCUT2D eigenvalue weighted by atomic mass is 9.98. The Bertz CT molecular complexity index is 285. The first kappa shape index (κ1) is 14.0. The maximum absolute atomic E-state index is 12.1. The molecule has 2 unspecified atom stereocenters. The number of hydrogen-bond donors (Lipinski definition) is 3. The van der Waals surface area contributed by atoms with Crippen LogP contribution in [0.15, 0.2) is 0 Å². The van der Waals surface area contributed by atoms with Crippen molar-refractivity contribution in [3.05, 3.63) is 0 Å². The summed E-state index contributed by atoms with van der Waals surface area (Å²) in [5.41, 5.74) is -0.523. The number of amides is 1. The van der Waals surface area contributed by atoms with E-state index < -0.39 is 11.5 Å². The summed E-state index contributed by atoms with van der Waals surface area (Å²) in [7, 11) is 0. The van der Waals surface area contributed by atoms with Gasteiger partial charge in [0.2, 0.25) is 5.91 Å². The van der Waals surface area contributed by atoms with Crippen LogP contribution in [0.3, 0.4) is 0 Å². The minimum Gasteiger partial charge on any atom is -0.481 e. The van der Waals surface area contributed by atoms with Gasteiger partial charge in [-0.15, -0.1) is 0 Å². The first-order valence-electron chi connectivity index (χ1n) is 6.25. The second-order valence-corrected chi connectivity index (χ2v) is 4.92. The Morgan fingerprint density at radius 3 is 2.71 bits per heavy atom. The fourth-order valence-corrected chi connectivity index (χ4v) is 2.22. The molecule has 0 saturated carbocycles. The van der Waals surface area contributed by atoms with Gasteiger partial charge in [-0.05, 0) is 32.7 Å². The van der Waals surface area contributed by atoms with Crippen LogP contribution in [0.1, 0.15) is 46.0 Å². The van der Waals surface area contributed by atoms with Gasteiger partial charge in [-0.1, -0.05) is 13.3 Å². The lowest BCUT2D eigenvalue weighted by Crippen LogP contribution is -2.54. The summed E-state index contributed by atoms with van der Waals surface area (Å²) in [4.78, 5) is 22.8.